The predicted octanol–water partition coefficient (Wildman–Crippen LogP) is 0.504. The molecular formula is C16H12N2O7S-2. The maximum atomic E-state index is 11.3. The van der Waals surface area contributed by atoms with Gasteiger partial charge in [-0.2, -0.15) is 0 Å². The number of amides is 1. The third kappa shape index (κ3) is 6.36. The molecule has 136 valence electrons. The van der Waals surface area contributed by atoms with E-state index in [4.69, 9.17) is 19.0 Å². The Morgan fingerprint density at radius 3 is 2.15 bits per heavy atom. The van der Waals surface area contributed by atoms with Crippen molar-refractivity contribution in [3.05, 3.63) is 71.6 Å². The number of benzene rings is 1. The van der Waals surface area contributed by atoms with Gasteiger partial charge in [0.05, 0.1) is 11.1 Å². The van der Waals surface area contributed by atoms with E-state index >= 15 is 0 Å². The van der Waals surface area contributed by atoms with E-state index in [0.717, 1.165) is 0 Å². The van der Waals surface area contributed by atoms with Crippen LogP contribution in [0.4, 0.5) is 0 Å². The summed E-state index contributed by atoms with van der Waals surface area (Å²) < 4.78 is 25.3. The van der Waals surface area contributed by atoms with Crippen LogP contribution in [0, 0.1) is 0 Å². The molecule has 0 atom stereocenters. The van der Waals surface area contributed by atoms with E-state index in [-0.39, 0.29) is 28.4 Å². The summed E-state index contributed by atoms with van der Waals surface area (Å²) in [7, 11) is 0. The Balaban J connectivity index is 0.000000227. The normalized spacial score (nSPS) is 11.7. The summed E-state index contributed by atoms with van der Waals surface area (Å²) in [5.74, 6) is -1.15. The number of fused-ring (bicyclic) bond motifs is 1. The fourth-order valence-corrected chi connectivity index (χ4v) is 1.84. The lowest BCUT2D eigenvalue weighted by Crippen LogP contribution is -2.11. The molecule has 0 saturated carbocycles. The number of hydrogen-bond donors (Lipinski definition) is 2. The fourth-order valence-electron chi connectivity index (χ4n) is 1.84. The minimum atomic E-state index is -3.11. The van der Waals surface area contributed by atoms with Crippen LogP contribution in [0.25, 0.3) is 0 Å². The average Bonchev–Trinajstić information content (AvgIpc) is 2.59. The van der Waals surface area contributed by atoms with E-state index < -0.39 is 17.3 Å². The molecule has 1 heterocycles. The van der Waals surface area contributed by atoms with Crippen molar-refractivity contribution in [2.45, 2.75) is 0 Å². The van der Waals surface area contributed by atoms with Gasteiger partial charge in [0.15, 0.2) is 11.6 Å². The number of aromatic hydroxyl groups is 1. The van der Waals surface area contributed by atoms with Crippen molar-refractivity contribution < 1.29 is 32.8 Å². The predicted molar refractivity (Wildman–Crippen MR) is 88.4 cm³/mol. The molecule has 1 aromatic carbocycles. The van der Waals surface area contributed by atoms with Crippen molar-refractivity contribution >= 4 is 28.8 Å². The molecular weight excluding hydrogens is 364 g/mol. The van der Waals surface area contributed by atoms with Crippen molar-refractivity contribution in [2.24, 2.45) is 5.73 Å². The van der Waals surface area contributed by atoms with Gasteiger partial charge in [0, 0.05) is 18.0 Å². The number of aromatic nitrogens is 1. The molecule has 0 aliphatic heterocycles. The number of nitrogens with two attached hydrogens (primary N) is 1. The highest BCUT2D eigenvalue weighted by Gasteiger charge is 2.21. The van der Waals surface area contributed by atoms with Crippen molar-refractivity contribution in [3.63, 3.8) is 0 Å². The molecule has 9 nitrogen and oxygen atoms in total. The van der Waals surface area contributed by atoms with Gasteiger partial charge < -0.3 is 19.9 Å². The van der Waals surface area contributed by atoms with E-state index in [1.54, 1.807) is 24.4 Å². The van der Waals surface area contributed by atoms with Crippen molar-refractivity contribution in [2.75, 3.05) is 0 Å². The van der Waals surface area contributed by atoms with Gasteiger partial charge in [-0.3, -0.25) is 23.6 Å². The summed E-state index contributed by atoms with van der Waals surface area (Å²) in [6.45, 7) is 0. The van der Waals surface area contributed by atoms with Gasteiger partial charge in [0.2, 0.25) is 5.91 Å². The van der Waals surface area contributed by atoms with Crippen LogP contribution in [-0.4, -0.2) is 40.9 Å². The smallest absolute Gasteiger partial charge is 0.250 e. The number of nitrogens with zero attached hydrogens (tertiary/aromatic N) is 1. The zero-order valence-electron chi connectivity index (χ0n) is 13.0. The average molecular weight is 376 g/mol. The van der Waals surface area contributed by atoms with Crippen LogP contribution in [0.2, 0.25) is 0 Å². The Hall–Kier alpha value is -3.21. The van der Waals surface area contributed by atoms with Crippen LogP contribution in [0.1, 0.15) is 31.1 Å². The zero-order chi connectivity index (χ0) is 19.7. The Bertz CT molecular complexity index is 862. The summed E-state index contributed by atoms with van der Waals surface area (Å²) >= 11 is -3.11. The molecule has 3 rings (SSSR count). The van der Waals surface area contributed by atoms with Crippen molar-refractivity contribution in [1.29, 1.82) is 0 Å². The Kier molecular flexibility index (Phi) is 7.96. The summed E-state index contributed by atoms with van der Waals surface area (Å²) in [5.41, 5.74) is 5.75. The van der Waals surface area contributed by atoms with Crippen LogP contribution in [0.5, 0.6) is 5.75 Å². The van der Waals surface area contributed by atoms with Crippen LogP contribution in [0.15, 0.2) is 54.9 Å². The number of phenolic OH excluding ortho intramolecular Hbond substituents is 1. The minimum Gasteiger partial charge on any atom is -0.784 e. The number of carbonyl (C=O) groups excluding carboxylic acids is 3. The van der Waals surface area contributed by atoms with Crippen LogP contribution < -0.4 is 5.73 Å². The maximum absolute atomic E-state index is 11.3. The second-order valence-electron chi connectivity index (χ2n) is 4.57. The molecule has 0 saturated heterocycles. The van der Waals surface area contributed by atoms with Crippen molar-refractivity contribution in [3.8, 4) is 5.75 Å². The molecule has 0 spiro atoms. The molecule has 0 fully saturated rings. The van der Waals surface area contributed by atoms with Gasteiger partial charge in [-0.05, 0) is 30.4 Å². The third-order valence-corrected chi connectivity index (χ3v) is 2.89. The summed E-state index contributed by atoms with van der Waals surface area (Å²) in [4.78, 5) is 36.6. The van der Waals surface area contributed by atoms with Gasteiger partial charge >= 0.3 is 0 Å². The molecule has 26 heavy (non-hydrogen) atoms. The second kappa shape index (κ2) is 9.93. The third-order valence-electron chi connectivity index (χ3n) is 2.89. The summed E-state index contributed by atoms with van der Waals surface area (Å²) in [6, 6.07) is 7.75. The number of ketones is 2. The summed E-state index contributed by atoms with van der Waals surface area (Å²) in [5, 5.41) is 9.34. The maximum Gasteiger partial charge on any atom is 0.250 e. The molecule has 1 aliphatic carbocycles. The first-order chi connectivity index (χ1) is 12.2. The zero-order valence-corrected chi connectivity index (χ0v) is 13.8. The first-order valence-corrected chi connectivity index (χ1v) is 7.79. The van der Waals surface area contributed by atoms with Crippen LogP contribution >= 0.6 is 0 Å². The topological polar surface area (TPSA) is 174 Å². The lowest BCUT2D eigenvalue weighted by molar-refractivity contribution is 0.0991. The van der Waals surface area contributed by atoms with E-state index in [1.807, 2.05) is 0 Å². The highest BCUT2D eigenvalue weighted by Crippen LogP contribution is 2.25. The molecule has 0 bridgehead atoms. The molecule has 0 unspecified atom stereocenters. The molecule has 1 amide bonds. The Morgan fingerprint density at radius 1 is 1.08 bits per heavy atom. The minimum absolute atomic E-state index is 0.106. The van der Waals surface area contributed by atoms with Gasteiger partial charge in [0.1, 0.15) is 5.75 Å². The number of carbonyl (C=O) groups is 3. The Labute approximate surface area is 150 Å². The number of hydrogen-bond acceptors (Lipinski definition) is 8. The number of pyridine rings is 1. The first kappa shape index (κ1) is 20.8. The first-order valence-electron chi connectivity index (χ1n) is 6.79. The number of primary amides is 1. The van der Waals surface area contributed by atoms with Gasteiger partial charge in [0.25, 0.3) is 0 Å². The lowest BCUT2D eigenvalue weighted by Gasteiger charge is -2.09. The lowest BCUT2D eigenvalue weighted by atomic mass is 9.94. The molecule has 1 aromatic heterocycles. The molecule has 3 N–H and O–H groups in total. The summed E-state index contributed by atoms with van der Waals surface area (Å²) in [6.07, 6.45) is 5.41. The van der Waals surface area contributed by atoms with Crippen LogP contribution in [0.3, 0.4) is 0 Å². The number of rotatable bonds is 1. The van der Waals surface area contributed by atoms with Gasteiger partial charge in [-0.15, -0.1) is 11.4 Å². The fraction of sp³-hybridized carbons (Fsp3) is 0. The van der Waals surface area contributed by atoms with E-state index in [1.165, 1.54) is 30.5 Å². The van der Waals surface area contributed by atoms with E-state index in [0.29, 0.717) is 5.56 Å². The standard InChI is InChI=1S/C10H6O3.C6H6N2O.H2O3S/c11-7-4-5-9(13)10-6(7)2-1-3-8(10)12;7-6(9)5-2-1-3-8-4-5;1-4(2)3/h1-5,12H;1-4H,(H2,7,9);(H2,1,2,3)/p-2. The quantitative estimate of drug-likeness (QED) is 0.677. The van der Waals surface area contributed by atoms with Crippen molar-refractivity contribution in [1.82, 2.24) is 4.98 Å². The van der Waals surface area contributed by atoms with Gasteiger partial charge in [-0.25, -0.2) is 0 Å². The monoisotopic (exact) mass is 376 g/mol. The molecule has 1 aliphatic rings. The Morgan fingerprint density at radius 2 is 1.69 bits per heavy atom. The van der Waals surface area contributed by atoms with Gasteiger partial charge in [-0.1, -0.05) is 12.1 Å². The molecule has 0 radical (unpaired) electrons. The van der Waals surface area contributed by atoms with Crippen LogP contribution in [-0.2, 0) is 11.4 Å². The van der Waals surface area contributed by atoms with E-state index in [2.05, 4.69) is 4.98 Å². The molecule has 2 aromatic rings. The SMILES string of the molecule is NC(=O)c1cccnc1.O=C1C=CC(=O)c2c(O)cccc21.O=S([O-])[O-]. The number of allylic oxidation sites excluding steroid dienone is 2. The van der Waals surface area contributed by atoms with E-state index in [9.17, 15) is 19.5 Å². The highest BCUT2D eigenvalue weighted by molar-refractivity contribution is 7.72. The second-order valence-corrected chi connectivity index (χ2v) is 4.98. The molecule has 10 heteroatoms. The number of phenols is 1. The largest absolute Gasteiger partial charge is 0.784 e. The highest BCUT2D eigenvalue weighted by atomic mass is 32.2.